The van der Waals surface area contributed by atoms with Gasteiger partial charge in [-0.05, 0) is 17.7 Å². The highest BCUT2D eigenvalue weighted by Crippen LogP contribution is 2.13. The third kappa shape index (κ3) is 5.38. The van der Waals surface area contributed by atoms with Crippen molar-refractivity contribution in [2.45, 2.75) is 19.4 Å². The van der Waals surface area contributed by atoms with Gasteiger partial charge in [-0.1, -0.05) is 17.9 Å². The lowest BCUT2D eigenvalue weighted by Gasteiger charge is -2.03. The number of aliphatic hydroxyl groups is 1. The quantitative estimate of drug-likeness (QED) is 0.827. The van der Waals surface area contributed by atoms with Crippen molar-refractivity contribution >= 4 is 17.2 Å². The van der Waals surface area contributed by atoms with E-state index in [0.717, 1.165) is 16.0 Å². The van der Waals surface area contributed by atoms with Crippen LogP contribution in [0.5, 0.6) is 0 Å². The molecule has 0 unspecified atom stereocenters. The molecule has 4 nitrogen and oxygen atoms in total. The fourth-order valence-corrected chi connectivity index (χ4v) is 2.45. The number of carbonyl (C=O) groups is 1. The lowest BCUT2D eigenvalue weighted by Crippen LogP contribution is -2.24. The van der Waals surface area contributed by atoms with Gasteiger partial charge in [-0.25, -0.2) is 0 Å². The molecule has 2 aromatic heterocycles. The van der Waals surface area contributed by atoms with Crippen LogP contribution in [0.2, 0.25) is 0 Å². The highest BCUT2D eigenvalue weighted by atomic mass is 32.1. The number of thiophene rings is 1. The Morgan fingerprint density at radius 3 is 3.14 bits per heavy atom. The van der Waals surface area contributed by atoms with Gasteiger partial charge in [0, 0.05) is 34.6 Å². The highest BCUT2D eigenvalue weighted by Gasteiger charge is 2.04. The first-order valence-electron chi connectivity index (χ1n) is 6.60. The average molecular weight is 300 g/mol. The SMILES string of the molecule is O=C(Cc1cccnc1)NCc1cc(C#CCCO)cs1. The molecule has 2 heterocycles. The van der Waals surface area contributed by atoms with Crippen molar-refractivity contribution in [3.8, 4) is 11.8 Å². The molecular formula is C16H16N2O2S. The molecule has 0 aromatic carbocycles. The summed E-state index contributed by atoms with van der Waals surface area (Å²) in [6.45, 7) is 0.583. The summed E-state index contributed by atoms with van der Waals surface area (Å²) in [4.78, 5) is 16.9. The third-order valence-corrected chi connectivity index (χ3v) is 3.61. The van der Waals surface area contributed by atoms with Crippen molar-refractivity contribution in [1.29, 1.82) is 0 Å². The molecule has 21 heavy (non-hydrogen) atoms. The van der Waals surface area contributed by atoms with E-state index in [1.165, 1.54) is 0 Å². The van der Waals surface area contributed by atoms with Crippen LogP contribution in [0, 0.1) is 11.8 Å². The van der Waals surface area contributed by atoms with Gasteiger partial charge >= 0.3 is 0 Å². The van der Waals surface area contributed by atoms with Crippen molar-refractivity contribution in [3.05, 3.63) is 52.0 Å². The molecule has 0 fully saturated rings. The molecular weight excluding hydrogens is 284 g/mol. The molecule has 0 spiro atoms. The maximum absolute atomic E-state index is 11.8. The van der Waals surface area contributed by atoms with Gasteiger partial charge in [-0.2, -0.15) is 0 Å². The Kier molecular flexibility index (Phi) is 5.95. The van der Waals surface area contributed by atoms with Crippen molar-refractivity contribution in [1.82, 2.24) is 10.3 Å². The van der Waals surface area contributed by atoms with Crippen LogP contribution in [-0.4, -0.2) is 22.6 Å². The Morgan fingerprint density at radius 1 is 1.48 bits per heavy atom. The van der Waals surface area contributed by atoms with E-state index in [1.54, 1.807) is 23.7 Å². The van der Waals surface area contributed by atoms with E-state index >= 15 is 0 Å². The monoisotopic (exact) mass is 300 g/mol. The van der Waals surface area contributed by atoms with E-state index < -0.39 is 0 Å². The Labute approximate surface area is 127 Å². The predicted octanol–water partition coefficient (Wildman–Crippen LogP) is 1.74. The van der Waals surface area contributed by atoms with Crippen LogP contribution in [0.1, 0.15) is 22.4 Å². The van der Waals surface area contributed by atoms with Gasteiger partial charge in [0.1, 0.15) is 0 Å². The van der Waals surface area contributed by atoms with Gasteiger partial charge in [-0.15, -0.1) is 11.3 Å². The minimum absolute atomic E-state index is 0.0238. The molecule has 5 heteroatoms. The number of carbonyl (C=O) groups excluding carboxylic acids is 1. The number of aromatic nitrogens is 1. The molecule has 2 aromatic rings. The van der Waals surface area contributed by atoms with Crippen LogP contribution in [0.4, 0.5) is 0 Å². The summed E-state index contributed by atoms with van der Waals surface area (Å²) < 4.78 is 0. The molecule has 0 atom stereocenters. The second-order valence-corrected chi connectivity index (χ2v) is 5.39. The third-order valence-electron chi connectivity index (χ3n) is 2.67. The lowest BCUT2D eigenvalue weighted by molar-refractivity contribution is -0.120. The summed E-state index contributed by atoms with van der Waals surface area (Å²) in [5.74, 6) is 5.82. The lowest BCUT2D eigenvalue weighted by atomic mass is 10.2. The summed E-state index contributed by atoms with van der Waals surface area (Å²) in [5.41, 5.74) is 1.82. The Bertz CT molecular complexity index is 641. The number of nitrogens with zero attached hydrogens (tertiary/aromatic N) is 1. The fraction of sp³-hybridized carbons (Fsp3) is 0.250. The Hall–Kier alpha value is -2.16. The number of nitrogens with one attached hydrogen (secondary N) is 1. The summed E-state index contributed by atoms with van der Waals surface area (Å²) in [5, 5.41) is 13.5. The van der Waals surface area contributed by atoms with E-state index in [2.05, 4.69) is 22.1 Å². The van der Waals surface area contributed by atoms with Crippen LogP contribution < -0.4 is 5.32 Å². The molecule has 2 N–H and O–H groups in total. The van der Waals surface area contributed by atoms with Gasteiger partial charge < -0.3 is 10.4 Å². The van der Waals surface area contributed by atoms with Crippen molar-refractivity contribution in [2.24, 2.45) is 0 Å². The first-order chi connectivity index (χ1) is 10.3. The number of hydrogen-bond acceptors (Lipinski definition) is 4. The molecule has 0 saturated heterocycles. The molecule has 108 valence electrons. The van der Waals surface area contributed by atoms with Gasteiger partial charge in [-0.3, -0.25) is 9.78 Å². The summed E-state index contributed by atoms with van der Waals surface area (Å²) in [6, 6.07) is 5.66. The first kappa shape index (κ1) is 15.2. The summed E-state index contributed by atoms with van der Waals surface area (Å²) >= 11 is 1.56. The second kappa shape index (κ2) is 8.20. The second-order valence-electron chi connectivity index (χ2n) is 4.39. The number of amides is 1. The number of aliphatic hydroxyl groups excluding tert-OH is 1. The van der Waals surface area contributed by atoms with Crippen LogP contribution in [0.15, 0.2) is 36.0 Å². The smallest absolute Gasteiger partial charge is 0.224 e. The van der Waals surface area contributed by atoms with E-state index in [1.807, 2.05) is 23.6 Å². The van der Waals surface area contributed by atoms with Crippen molar-refractivity contribution in [2.75, 3.05) is 6.61 Å². The number of pyridine rings is 1. The maximum Gasteiger partial charge on any atom is 0.224 e. The van der Waals surface area contributed by atoms with Crippen molar-refractivity contribution < 1.29 is 9.90 Å². The summed E-state index contributed by atoms with van der Waals surface area (Å²) in [7, 11) is 0. The van der Waals surface area contributed by atoms with E-state index in [0.29, 0.717) is 19.4 Å². The first-order valence-corrected chi connectivity index (χ1v) is 7.48. The van der Waals surface area contributed by atoms with Gasteiger partial charge in [0.05, 0.1) is 19.6 Å². The molecule has 0 radical (unpaired) electrons. The van der Waals surface area contributed by atoms with Crippen LogP contribution in [0.3, 0.4) is 0 Å². The normalized spacial score (nSPS) is 9.76. The van der Waals surface area contributed by atoms with Crippen LogP contribution in [0.25, 0.3) is 0 Å². The predicted molar refractivity (Wildman–Crippen MR) is 82.7 cm³/mol. The number of rotatable bonds is 5. The van der Waals surface area contributed by atoms with Crippen LogP contribution >= 0.6 is 11.3 Å². The standard InChI is InChI=1S/C16H16N2O2S/c19-7-2-1-4-14-8-15(21-12-14)11-18-16(20)9-13-5-3-6-17-10-13/h3,5-6,8,10,12,19H,2,7,9,11H2,(H,18,20). The Balaban J connectivity index is 1.81. The van der Waals surface area contributed by atoms with Gasteiger partial charge in [0.15, 0.2) is 0 Å². The molecule has 2 rings (SSSR count). The zero-order valence-electron chi connectivity index (χ0n) is 11.5. The molecule has 0 aliphatic rings. The molecule has 0 aliphatic carbocycles. The number of hydrogen-bond donors (Lipinski definition) is 2. The topological polar surface area (TPSA) is 62.2 Å². The zero-order valence-corrected chi connectivity index (χ0v) is 12.3. The molecule has 0 aliphatic heterocycles. The summed E-state index contributed by atoms with van der Waals surface area (Å²) in [6.07, 6.45) is 4.20. The van der Waals surface area contributed by atoms with E-state index in [-0.39, 0.29) is 12.5 Å². The molecule has 0 bridgehead atoms. The molecule has 1 amide bonds. The van der Waals surface area contributed by atoms with E-state index in [9.17, 15) is 4.79 Å². The highest BCUT2D eigenvalue weighted by molar-refractivity contribution is 7.10. The fourth-order valence-electron chi connectivity index (χ4n) is 1.70. The minimum Gasteiger partial charge on any atom is -0.395 e. The minimum atomic E-state index is -0.0238. The van der Waals surface area contributed by atoms with Gasteiger partial charge in [0.25, 0.3) is 0 Å². The van der Waals surface area contributed by atoms with Crippen LogP contribution in [-0.2, 0) is 17.8 Å². The van der Waals surface area contributed by atoms with Gasteiger partial charge in [0.2, 0.25) is 5.91 Å². The zero-order chi connectivity index (χ0) is 14.9. The maximum atomic E-state index is 11.8. The molecule has 0 saturated carbocycles. The van der Waals surface area contributed by atoms with E-state index in [4.69, 9.17) is 5.11 Å². The van der Waals surface area contributed by atoms with Crippen molar-refractivity contribution in [3.63, 3.8) is 0 Å². The largest absolute Gasteiger partial charge is 0.395 e. The Morgan fingerprint density at radius 2 is 2.38 bits per heavy atom. The average Bonchev–Trinajstić information content (AvgIpc) is 2.94.